The maximum absolute atomic E-state index is 12.7. The predicted octanol–water partition coefficient (Wildman–Crippen LogP) is 1.07. The van der Waals surface area contributed by atoms with Gasteiger partial charge in [0.25, 0.3) is 0 Å². The molecule has 2 amide bonds. The van der Waals surface area contributed by atoms with Gasteiger partial charge in [-0.25, -0.2) is 0 Å². The number of piperazine rings is 1. The van der Waals surface area contributed by atoms with Gasteiger partial charge in [-0.3, -0.25) is 9.59 Å². The Kier molecular flexibility index (Phi) is 3.85. The van der Waals surface area contributed by atoms with Crippen LogP contribution in [0.4, 0.5) is 0 Å². The third-order valence-electron chi connectivity index (χ3n) is 4.31. The number of hydrogen-bond acceptors (Lipinski definition) is 3. The Morgan fingerprint density at radius 1 is 1.37 bits per heavy atom. The Morgan fingerprint density at radius 2 is 2.05 bits per heavy atom. The monoisotopic (exact) mass is 268 g/mol. The predicted molar refractivity (Wildman–Crippen MR) is 71.6 cm³/mol. The van der Waals surface area contributed by atoms with Crippen molar-refractivity contribution in [2.45, 2.75) is 70.2 Å². The van der Waals surface area contributed by atoms with Gasteiger partial charge < -0.3 is 15.0 Å². The van der Waals surface area contributed by atoms with E-state index in [1.165, 1.54) is 0 Å². The first-order valence-corrected chi connectivity index (χ1v) is 7.10. The second-order valence-corrected chi connectivity index (χ2v) is 6.02. The SMILES string of the molecule is CCC1C(=O)NC(C)(C)C(=O)N1C1CCCC1OC. The molecule has 2 aliphatic rings. The molecule has 1 aliphatic heterocycles. The van der Waals surface area contributed by atoms with E-state index in [-0.39, 0.29) is 30.0 Å². The number of carbonyl (C=O) groups excluding carboxylic acids is 2. The average Bonchev–Trinajstić information content (AvgIpc) is 2.80. The molecule has 1 aliphatic carbocycles. The largest absolute Gasteiger partial charge is 0.379 e. The molecule has 0 bridgehead atoms. The lowest BCUT2D eigenvalue weighted by Gasteiger charge is -2.46. The summed E-state index contributed by atoms with van der Waals surface area (Å²) in [5.74, 6) is -0.0400. The summed E-state index contributed by atoms with van der Waals surface area (Å²) in [7, 11) is 1.68. The molecule has 1 saturated carbocycles. The highest BCUT2D eigenvalue weighted by Crippen LogP contribution is 2.32. The Labute approximate surface area is 114 Å². The molecule has 108 valence electrons. The van der Waals surface area contributed by atoms with Gasteiger partial charge in [-0.2, -0.15) is 0 Å². The number of nitrogens with one attached hydrogen (secondary N) is 1. The van der Waals surface area contributed by atoms with E-state index in [1.807, 2.05) is 6.92 Å². The van der Waals surface area contributed by atoms with Crippen LogP contribution < -0.4 is 5.32 Å². The van der Waals surface area contributed by atoms with Crippen LogP contribution in [0.1, 0.15) is 46.5 Å². The van der Waals surface area contributed by atoms with E-state index in [9.17, 15) is 9.59 Å². The first kappa shape index (κ1) is 14.3. The Morgan fingerprint density at radius 3 is 2.63 bits per heavy atom. The van der Waals surface area contributed by atoms with Gasteiger partial charge in [0.2, 0.25) is 11.8 Å². The summed E-state index contributed by atoms with van der Waals surface area (Å²) in [4.78, 5) is 26.7. The van der Waals surface area contributed by atoms with E-state index in [1.54, 1.807) is 25.9 Å². The molecule has 0 aromatic rings. The second kappa shape index (κ2) is 5.12. The fraction of sp³-hybridized carbons (Fsp3) is 0.857. The molecule has 0 aromatic heterocycles. The quantitative estimate of drug-likeness (QED) is 0.833. The van der Waals surface area contributed by atoms with Crippen LogP contribution in [0.5, 0.6) is 0 Å². The molecule has 0 radical (unpaired) electrons. The third kappa shape index (κ3) is 2.36. The highest BCUT2D eigenvalue weighted by atomic mass is 16.5. The number of ether oxygens (including phenoxy) is 1. The lowest BCUT2D eigenvalue weighted by atomic mass is 9.93. The summed E-state index contributed by atoms with van der Waals surface area (Å²) >= 11 is 0. The topological polar surface area (TPSA) is 58.6 Å². The molecular formula is C14H24N2O3. The number of hydrogen-bond donors (Lipinski definition) is 1. The number of rotatable bonds is 3. The highest BCUT2D eigenvalue weighted by Gasteiger charge is 2.49. The lowest BCUT2D eigenvalue weighted by Crippen LogP contribution is -2.70. The van der Waals surface area contributed by atoms with Gasteiger partial charge in [0.05, 0.1) is 12.1 Å². The molecule has 2 rings (SSSR count). The van der Waals surface area contributed by atoms with Gasteiger partial charge in [-0.1, -0.05) is 6.92 Å². The zero-order valence-electron chi connectivity index (χ0n) is 12.2. The Hall–Kier alpha value is -1.10. The van der Waals surface area contributed by atoms with Gasteiger partial charge in [0.15, 0.2) is 0 Å². The number of methoxy groups -OCH3 is 1. The highest BCUT2D eigenvalue weighted by molar-refractivity contribution is 5.99. The minimum Gasteiger partial charge on any atom is -0.379 e. The van der Waals surface area contributed by atoms with Crippen molar-refractivity contribution in [3.05, 3.63) is 0 Å². The normalized spacial score (nSPS) is 34.5. The first-order chi connectivity index (χ1) is 8.92. The molecule has 5 heteroatoms. The van der Waals surface area contributed by atoms with Crippen molar-refractivity contribution >= 4 is 11.8 Å². The van der Waals surface area contributed by atoms with Crippen molar-refractivity contribution in [2.24, 2.45) is 0 Å². The maximum Gasteiger partial charge on any atom is 0.248 e. The van der Waals surface area contributed by atoms with Crippen LogP contribution in [-0.2, 0) is 14.3 Å². The van der Waals surface area contributed by atoms with Gasteiger partial charge in [-0.15, -0.1) is 0 Å². The molecule has 2 fully saturated rings. The molecule has 0 spiro atoms. The number of nitrogens with zero attached hydrogens (tertiary/aromatic N) is 1. The first-order valence-electron chi connectivity index (χ1n) is 7.10. The van der Waals surface area contributed by atoms with Gasteiger partial charge in [0, 0.05) is 7.11 Å². The molecule has 3 atom stereocenters. The molecule has 19 heavy (non-hydrogen) atoms. The molecule has 0 aromatic carbocycles. The summed E-state index contributed by atoms with van der Waals surface area (Å²) in [5.41, 5.74) is -0.816. The average molecular weight is 268 g/mol. The van der Waals surface area contributed by atoms with E-state index in [2.05, 4.69) is 5.32 Å². The summed E-state index contributed by atoms with van der Waals surface area (Å²) < 4.78 is 5.50. The van der Waals surface area contributed by atoms with Crippen molar-refractivity contribution < 1.29 is 14.3 Å². The van der Waals surface area contributed by atoms with Crippen LogP contribution in [0.15, 0.2) is 0 Å². The van der Waals surface area contributed by atoms with Crippen molar-refractivity contribution in [3.63, 3.8) is 0 Å². The smallest absolute Gasteiger partial charge is 0.248 e. The van der Waals surface area contributed by atoms with Crippen molar-refractivity contribution in [1.29, 1.82) is 0 Å². The van der Waals surface area contributed by atoms with Crippen LogP contribution in [0, 0.1) is 0 Å². The standard InChI is InChI=1S/C14H24N2O3/c1-5-9-12(17)15-14(2,3)13(18)16(9)10-7-6-8-11(10)19-4/h9-11H,5-8H2,1-4H3,(H,15,17). The van der Waals surface area contributed by atoms with E-state index in [4.69, 9.17) is 4.74 Å². The minimum absolute atomic E-state index is 0.00731. The molecule has 1 N–H and O–H groups in total. The Bertz CT molecular complexity index is 381. The minimum atomic E-state index is -0.816. The van der Waals surface area contributed by atoms with E-state index in [0.717, 1.165) is 19.3 Å². The molecule has 3 unspecified atom stereocenters. The summed E-state index contributed by atoms with van der Waals surface area (Å²) in [6.07, 6.45) is 3.62. The van der Waals surface area contributed by atoms with Crippen LogP contribution in [0.3, 0.4) is 0 Å². The van der Waals surface area contributed by atoms with Crippen molar-refractivity contribution in [2.75, 3.05) is 7.11 Å². The zero-order chi connectivity index (χ0) is 14.2. The molecular weight excluding hydrogens is 244 g/mol. The third-order valence-corrected chi connectivity index (χ3v) is 4.31. The van der Waals surface area contributed by atoms with Gasteiger partial charge in [-0.05, 0) is 39.5 Å². The van der Waals surface area contributed by atoms with E-state index < -0.39 is 5.54 Å². The van der Waals surface area contributed by atoms with E-state index in [0.29, 0.717) is 6.42 Å². The van der Waals surface area contributed by atoms with Gasteiger partial charge in [0.1, 0.15) is 11.6 Å². The summed E-state index contributed by atoms with van der Waals surface area (Å²) in [6.45, 7) is 5.48. The van der Waals surface area contributed by atoms with Crippen molar-refractivity contribution in [3.8, 4) is 0 Å². The van der Waals surface area contributed by atoms with Crippen LogP contribution >= 0.6 is 0 Å². The zero-order valence-corrected chi connectivity index (χ0v) is 12.2. The number of amides is 2. The van der Waals surface area contributed by atoms with Gasteiger partial charge >= 0.3 is 0 Å². The second-order valence-electron chi connectivity index (χ2n) is 6.02. The van der Waals surface area contributed by atoms with Crippen LogP contribution in [-0.4, -0.2) is 47.6 Å². The molecule has 1 heterocycles. The lowest BCUT2D eigenvalue weighted by molar-refractivity contribution is -0.159. The van der Waals surface area contributed by atoms with Crippen molar-refractivity contribution in [1.82, 2.24) is 10.2 Å². The Balaban J connectivity index is 2.32. The fourth-order valence-corrected chi connectivity index (χ4v) is 3.30. The number of carbonyl (C=O) groups is 2. The van der Waals surface area contributed by atoms with Crippen LogP contribution in [0.2, 0.25) is 0 Å². The molecule has 1 saturated heterocycles. The summed E-state index contributed by atoms with van der Waals surface area (Å²) in [6, 6.07) is -0.325. The van der Waals surface area contributed by atoms with Crippen LogP contribution in [0.25, 0.3) is 0 Å². The molecule has 5 nitrogen and oxygen atoms in total. The van der Waals surface area contributed by atoms with E-state index >= 15 is 0 Å². The fourth-order valence-electron chi connectivity index (χ4n) is 3.30. The maximum atomic E-state index is 12.7. The summed E-state index contributed by atoms with van der Waals surface area (Å²) in [5, 5.41) is 2.82.